The van der Waals surface area contributed by atoms with Gasteiger partial charge in [-0.1, -0.05) is 17.7 Å². The molecule has 0 saturated carbocycles. The van der Waals surface area contributed by atoms with Crippen molar-refractivity contribution in [2.24, 2.45) is 0 Å². The predicted molar refractivity (Wildman–Crippen MR) is 73.1 cm³/mol. The number of ether oxygens (including phenoxy) is 1. The maximum atomic E-state index is 11.9. The number of nitrogens with zero attached hydrogens (tertiary/aromatic N) is 1. The van der Waals surface area contributed by atoms with Gasteiger partial charge in [0.05, 0.1) is 18.6 Å². The second-order valence-corrected chi connectivity index (χ2v) is 5.47. The summed E-state index contributed by atoms with van der Waals surface area (Å²) in [5.74, 6) is 0.830. The van der Waals surface area contributed by atoms with Crippen molar-refractivity contribution in [1.29, 1.82) is 0 Å². The van der Waals surface area contributed by atoms with Crippen molar-refractivity contribution >= 4 is 5.91 Å². The third kappa shape index (κ3) is 3.96. The second kappa shape index (κ2) is 5.61. The molecule has 2 rings (SSSR count). The monoisotopic (exact) mass is 263 g/mol. The van der Waals surface area contributed by atoms with Crippen molar-refractivity contribution in [3.05, 3.63) is 29.8 Å². The Labute approximate surface area is 114 Å². The fourth-order valence-electron chi connectivity index (χ4n) is 2.21. The third-order valence-corrected chi connectivity index (χ3v) is 3.41. The summed E-state index contributed by atoms with van der Waals surface area (Å²) in [6, 6.07) is 7.77. The van der Waals surface area contributed by atoms with E-state index in [9.17, 15) is 9.90 Å². The molecule has 0 radical (unpaired) electrons. The Bertz CT molecular complexity index is 439. The van der Waals surface area contributed by atoms with Crippen LogP contribution in [0.2, 0.25) is 0 Å². The zero-order chi connectivity index (χ0) is 13.9. The molecule has 1 fully saturated rings. The van der Waals surface area contributed by atoms with Gasteiger partial charge in [-0.15, -0.1) is 0 Å². The number of carbonyl (C=O) groups is 1. The van der Waals surface area contributed by atoms with Crippen LogP contribution in [0.3, 0.4) is 0 Å². The van der Waals surface area contributed by atoms with E-state index in [-0.39, 0.29) is 5.91 Å². The zero-order valence-electron chi connectivity index (χ0n) is 11.6. The first-order chi connectivity index (χ1) is 8.96. The van der Waals surface area contributed by atoms with Crippen molar-refractivity contribution in [1.82, 2.24) is 4.90 Å². The molecule has 4 heteroatoms. The molecule has 0 spiro atoms. The Morgan fingerprint density at radius 1 is 1.42 bits per heavy atom. The summed E-state index contributed by atoms with van der Waals surface area (Å²) in [5, 5.41) is 9.82. The molecule has 1 aromatic rings. The Hall–Kier alpha value is -1.55. The average Bonchev–Trinajstić information content (AvgIpc) is 2.72. The number of hydrogen-bond donors (Lipinski definition) is 1. The van der Waals surface area contributed by atoms with E-state index in [1.54, 1.807) is 11.8 Å². The minimum Gasteiger partial charge on any atom is -0.493 e. The van der Waals surface area contributed by atoms with Gasteiger partial charge in [-0.3, -0.25) is 4.79 Å². The molecule has 1 atom stereocenters. The number of hydrogen-bond acceptors (Lipinski definition) is 3. The lowest BCUT2D eigenvalue weighted by Crippen LogP contribution is -2.34. The van der Waals surface area contributed by atoms with Crippen LogP contribution in [0.4, 0.5) is 0 Å². The number of aliphatic hydroxyl groups is 1. The van der Waals surface area contributed by atoms with Gasteiger partial charge in [0, 0.05) is 13.1 Å². The van der Waals surface area contributed by atoms with Crippen molar-refractivity contribution < 1.29 is 14.6 Å². The summed E-state index contributed by atoms with van der Waals surface area (Å²) >= 11 is 0. The summed E-state index contributed by atoms with van der Waals surface area (Å²) in [7, 11) is 0. The number of β-amino-alcohol motifs (C(OH)–C–C–N with tert-alkyl or cyclic N) is 1. The van der Waals surface area contributed by atoms with Crippen LogP contribution in [-0.2, 0) is 4.79 Å². The molecule has 1 unspecified atom stereocenters. The highest BCUT2D eigenvalue weighted by molar-refractivity contribution is 5.76. The third-order valence-electron chi connectivity index (χ3n) is 3.41. The first kappa shape index (κ1) is 13.9. The predicted octanol–water partition coefficient (Wildman–Crippen LogP) is 1.75. The number of carbonyl (C=O) groups excluding carboxylic acids is 1. The zero-order valence-corrected chi connectivity index (χ0v) is 11.6. The van der Waals surface area contributed by atoms with Gasteiger partial charge in [-0.25, -0.2) is 0 Å². The summed E-state index contributed by atoms with van der Waals surface area (Å²) < 4.78 is 5.53. The van der Waals surface area contributed by atoms with Crippen molar-refractivity contribution in [3.8, 4) is 5.75 Å². The fourth-order valence-corrected chi connectivity index (χ4v) is 2.21. The number of aryl methyl sites for hydroxylation is 1. The lowest BCUT2D eigenvalue weighted by atomic mass is 10.1. The van der Waals surface area contributed by atoms with Gasteiger partial charge >= 0.3 is 0 Å². The van der Waals surface area contributed by atoms with Crippen LogP contribution < -0.4 is 4.74 Å². The van der Waals surface area contributed by atoms with Gasteiger partial charge in [0.15, 0.2) is 0 Å². The standard InChI is InChI=1S/C15H21NO3/c1-12-3-5-13(6-4-12)19-10-7-14(17)16-9-8-15(2,18)11-16/h3-6,18H,7-11H2,1-2H3. The second-order valence-electron chi connectivity index (χ2n) is 5.47. The Morgan fingerprint density at radius 3 is 2.68 bits per heavy atom. The molecule has 1 saturated heterocycles. The molecule has 0 aromatic heterocycles. The Balaban J connectivity index is 1.74. The van der Waals surface area contributed by atoms with E-state index in [1.165, 1.54) is 5.56 Å². The summed E-state index contributed by atoms with van der Waals surface area (Å²) in [6.07, 6.45) is 1.00. The van der Waals surface area contributed by atoms with Crippen LogP contribution >= 0.6 is 0 Å². The van der Waals surface area contributed by atoms with Gasteiger partial charge < -0.3 is 14.7 Å². The maximum absolute atomic E-state index is 11.9. The first-order valence-corrected chi connectivity index (χ1v) is 6.66. The smallest absolute Gasteiger partial charge is 0.226 e. The van der Waals surface area contributed by atoms with Gasteiger partial charge in [-0.05, 0) is 32.4 Å². The molecule has 1 amide bonds. The number of rotatable bonds is 4. The maximum Gasteiger partial charge on any atom is 0.226 e. The average molecular weight is 263 g/mol. The molecule has 1 aliphatic heterocycles. The number of amides is 1. The van der Waals surface area contributed by atoms with Crippen LogP contribution in [0.15, 0.2) is 24.3 Å². The molecule has 0 aliphatic carbocycles. The highest BCUT2D eigenvalue weighted by atomic mass is 16.5. The molecular formula is C15H21NO3. The SMILES string of the molecule is Cc1ccc(OCCC(=O)N2CCC(C)(O)C2)cc1. The molecule has 1 aliphatic rings. The van der Waals surface area contributed by atoms with Crippen molar-refractivity contribution in [2.45, 2.75) is 32.3 Å². The fraction of sp³-hybridized carbons (Fsp3) is 0.533. The van der Waals surface area contributed by atoms with Crippen molar-refractivity contribution in [2.75, 3.05) is 19.7 Å². The highest BCUT2D eigenvalue weighted by Crippen LogP contribution is 2.20. The Kier molecular flexibility index (Phi) is 4.10. The quantitative estimate of drug-likeness (QED) is 0.900. The van der Waals surface area contributed by atoms with E-state index < -0.39 is 5.60 Å². The molecule has 19 heavy (non-hydrogen) atoms. The molecular weight excluding hydrogens is 242 g/mol. The van der Waals surface area contributed by atoms with Crippen LogP contribution in [0.25, 0.3) is 0 Å². The number of benzene rings is 1. The van der Waals surface area contributed by atoms with E-state index in [1.807, 2.05) is 31.2 Å². The summed E-state index contributed by atoms with van der Waals surface area (Å²) in [4.78, 5) is 13.6. The van der Waals surface area contributed by atoms with Crippen LogP contribution in [-0.4, -0.2) is 41.2 Å². The van der Waals surface area contributed by atoms with Gasteiger partial charge in [0.1, 0.15) is 5.75 Å². The van der Waals surface area contributed by atoms with E-state index in [0.29, 0.717) is 32.5 Å². The highest BCUT2D eigenvalue weighted by Gasteiger charge is 2.33. The molecule has 1 aromatic carbocycles. The van der Waals surface area contributed by atoms with Crippen molar-refractivity contribution in [3.63, 3.8) is 0 Å². The van der Waals surface area contributed by atoms with E-state index in [0.717, 1.165) is 5.75 Å². The Morgan fingerprint density at radius 2 is 2.11 bits per heavy atom. The summed E-state index contributed by atoms with van der Waals surface area (Å²) in [6.45, 7) is 5.23. The van der Waals surface area contributed by atoms with Crippen LogP contribution in [0.1, 0.15) is 25.3 Å². The van der Waals surface area contributed by atoms with Gasteiger partial charge in [0.25, 0.3) is 0 Å². The van der Waals surface area contributed by atoms with Gasteiger partial charge in [-0.2, -0.15) is 0 Å². The van der Waals surface area contributed by atoms with E-state index in [4.69, 9.17) is 4.74 Å². The lowest BCUT2D eigenvalue weighted by molar-refractivity contribution is -0.131. The molecule has 1 N–H and O–H groups in total. The molecule has 104 valence electrons. The first-order valence-electron chi connectivity index (χ1n) is 6.66. The molecule has 1 heterocycles. The van der Waals surface area contributed by atoms with Crippen LogP contribution in [0.5, 0.6) is 5.75 Å². The van der Waals surface area contributed by atoms with E-state index in [2.05, 4.69) is 0 Å². The minimum absolute atomic E-state index is 0.0462. The topological polar surface area (TPSA) is 49.8 Å². The number of likely N-dealkylation sites (tertiary alicyclic amines) is 1. The molecule has 0 bridgehead atoms. The molecule has 4 nitrogen and oxygen atoms in total. The van der Waals surface area contributed by atoms with E-state index >= 15 is 0 Å². The van der Waals surface area contributed by atoms with Gasteiger partial charge in [0.2, 0.25) is 5.91 Å². The van der Waals surface area contributed by atoms with Crippen LogP contribution in [0, 0.1) is 6.92 Å². The normalized spacial score (nSPS) is 22.6. The minimum atomic E-state index is -0.729. The lowest BCUT2D eigenvalue weighted by Gasteiger charge is -2.19. The largest absolute Gasteiger partial charge is 0.493 e. The summed E-state index contributed by atoms with van der Waals surface area (Å²) in [5.41, 5.74) is 0.454.